The quantitative estimate of drug-likeness (QED) is 0.754. The van der Waals surface area contributed by atoms with E-state index < -0.39 is 6.10 Å². The molecule has 1 fully saturated rings. The molecule has 0 radical (unpaired) electrons. The van der Waals surface area contributed by atoms with E-state index in [1.165, 1.54) is 0 Å². The van der Waals surface area contributed by atoms with Gasteiger partial charge < -0.3 is 14.7 Å². The maximum Gasteiger partial charge on any atom is 0.225 e. The van der Waals surface area contributed by atoms with Crippen LogP contribution in [0.15, 0.2) is 0 Å². The van der Waals surface area contributed by atoms with Crippen LogP contribution in [0.1, 0.15) is 32.6 Å². The van der Waals surface area contributed by atoms with Crippen LogP contribution in [-0.2, 0) is 9.53 Å². The summed E-state index contributed by atoms with van der Waals surface area (Å²) in [6.07, 6.45) is 3.30. The third-order valence-corrected chi connectivity index (χ3v) is 2.64. The van der Waals surface area contributed by atoms with Crippen molar-refractivity contribution in [2.24, 2.45) is 0 Å². The summed E-state index contributed by atoms with van der Waals surface area (Å²) >= 11 is 0. The van der Waals surface area contributed by atoms with Crippen molar-refractivity contribution in [3.63, 3.8) is 0 Å². The number of nitrogens with zero attached hydrogens (tertiary/aromatic N) is 1. The Bertz CT molecular complexity index is 200. The van der Waals surface area contributed by atoms with Gasteiger partial charge in [-0.05, 0) is 26.2 Å². The molecule has 88 valence electrons. The maximum absolute atomic E-state index is 11.7. The Balaban J connectivity index is 2.27. The second-order valence-corrected chi connectivity index (χ2v) is 4.32. The fraction of sp³-hybridized carbons (Fsp3) is 0.909. The molecule has 0 aromatic rings. The summed E-state index contributed by atoms with van der Waals surface area (Å²) in [5, 5.41) is 9.15. The average molecular weight is 215 g/mol. The van der Waals surface area contributed by atoms with Crippen LogP contribution in [-0.4, -0.2) is 48.3 Å². The molecule has 0 bridgehead atoms. The van der Waals surface area contributed by atoms with Crippen molar-refractivity contribution < 1.29 is 14.6 Å². The lowest BCUT2D eigenvalue weighted by molar-refractivity contribution is -0.134. The van der Waals surface area contributed by atoms with E-state index in [9.17, 15) is 4.79 Å². The Kier molecular flexibility index (Phi) is 5.05. The lowest BCUT2D eigenvalue weighted by Crippen LogP contribution is -2.36. The summed E-state index contributed by atoms with van der Waals surface area (Å²) < 4.78 is 5.49. The van der Waals surface area contributed by atoms with Gasteiger partial charge in [0.1, 0.15) is 0 Å². The van der Waals surface area contributed by atoms with Gasteiger partial charge in [-0.3, -0.25) is 4.79 Å². The largest absolute Gasteiger partial charge is 0.392 e. The molecule has 4 heteroatoms. The minimum Gasteiger partial charge on any atom is -0.392 e. The highest BCUT2D eigenvalue weighted by Gasteiger charge is 2.20. The van der Waals surface area contributed by atoms with Crippen LogP contribution < -0.4 is 0 Å². The number of carbonyl (C=O) groups is 1. The van der Waals surface area contributed by atoms with E-state index >= 15 is 0 Å². The minimum atomic E-state index is -0.466. The summed E-state index contributed by atoms with van der Waals surface area (Å²) in [5.74, 6) is 0.0581. The van der Waals surface area contributed by atoms with E-state index in [1.54, 1.807) is 18.9 Å². The fourth-order valence-electron chi connectivity index (χ4n) is 1.82. The van der Waals surface area contributed by atoms with E-state index in [4.69, 9.17) is 9.84 Å². The number of amides is 1. The monoisotopic (exact) mass is 215 g/mol. The first-order valence-corrected chi connectivity index (χ1v) is 5.63. The molecular formula is C11H21NO3. The third kappa shape index (κ3) is 4.62. The molecule has 0 aliphatic carbocycles. The van der Waals surface area contributed by atoms with Crippen molar-refractivity contribution in [3.8, 4) is 0 Å². The molecule has 1 N–H and O–H groups in total. The van der Waals surface area contributed by atoms with Gasteiger partial charge in [0.15, 0.2) is 0 Å². The van der Waals surface area contributed by atoms with Crippen molar-refractivity contribution >= 4 is 5.91 Å². The van der Waals surface area contributed by atoms with Gasteiger partial charge in [0.25, 0.3) is 0 Å². The van der Waals surface area contributed by atoms with Gasteiger partial charge in [-0.25, -0.2) is 0 Å². The smallest absolute Gasteiger partial charge is 0.225 e. The number of aliphatic hydroxyl groups is 1. The van der Waals surface area contributed by atoms with Gasteiger partial charge in [0.2, 0.25) is 5.91 Å². The van der Waals surface area contributed by atoms with Gasteiger partial charge in [-0.2, -0.15) is 0 Å². The highest BCUT2D eigenvalue weighted by molar-refractivity contribution is 5.76. The standard InChI is InChI=1S/C11H21NO3/c1-9(13)8-12(2)11(14)7-10-5-3-4-6-15-10/h9-10,13H,3-8H2,1-2H3. The number of carbonyl (C=O) groups excluding carboxylic acids is 1. The van der Waals surface area contributed by atoms with Crippen molar-refractivity contribution in [2.45, 2.75) is 44.8 Å². The van der Waals surface area contributed by atoms with Crippen LogP contribution in [0.5, 0.6) is 0 Å². The maximum atomic E-state index is 11.7. The minimum absolute atomic E-state index is 0.0581. The Morgan fingerprint density at radius 2 is 2.33 bits per heavy atom. The molecule has 1 rings (SSSR count). The molecule has 1 aliphatic rings. The summed E-state index contributed by atoms with van der Waals surface area (Å²) in [5.41, 5.74) is 0. The zero-order valence-electron chi connectivity index (χ0n) is 9.61. The van der Waals surface area contributed by atoms with E-state index in [0.717, 1.165) is 25.9 Å². The Hall–Kier alpha value is -0.610. The number of likely N-dealkylation sites (N-methyl/N-ethyl adjacent to an activating group) is 1. The molecule has 15 heavy (non-hydrogen) atoms. The van der Waals surface area contributed by atoms with Gasteiger partial charge in [-0.1, -0.05) is 0 Å². The van der Waals surface area contributed by atoms with Crippen LogP contribution in [0.4, 0.5) is 0 Å². The van der Waals surface area contributed by atoms with Crippen molar-refractivity contribution in [1.29, 1.82) is 0 Å². The zero-order valence-corrected chi connectivity index (χ0v) is 9.61. The number of hydrogen-bond acceptors (Lipinski definition) is 3. The third-order valence-electron chi connectivity index (χ3n) is 2.64. The van der Waals surface area contributed by atoms with Gasteiger partial charge in [0.05, 0.1) is 18.6 Å². The molecule has 0 spiro atoms. The van der Waals surface area contributed by atoms with Crippen LogP contribution in [0.25, 0.3) is 0 Å². The van der Waals surface area contributed by atoms with Crippen molar-refractivity contribution in [2.75, 3.05) is 20.2 Å². The van der Waals surface area contributed by atoms with Gasteiger partial charge in [-0.15, -0.1) is 0 Å². The van der Waals surface area contributed by atoms with Crippen LogP contribution in [0, 0.1) is 0 Å². The lowest BCUT2D eigenvalue weighted by Gasteiger charge is -2.25. The van der Waals surface area contributed by atoms with E-state index in [-0.39, 0.29) is 12.0 Å². The van der Waals surface area contributed by atoms with Crippen molar-refractivity contribution in [3.05, 3.63) is 0 Å². The number of aliphatic hydroxyl groups excluding tert-OH is 1. The van der Waals surface area contributed by atoms with Crippen molar-refractivity contribution in [1.82, 2.24) is 4.90 Å². The van der Waals surface area contributed by atoms with Crippen LogP contribution in [0.3, 0.4) is 0 Å². The normalized spacial score (nSPS) is 23.5. The molecule has 1 amide bonds. The molecule has 1 heterocycles. The van der Waals surface area contributed by atoms with E-state index in [0.29, 0.717) is 13.0 Å². The molecular weight excluding hydrogens is 194 g/mol. The predicted molar refractivity (Wildman–Crippen MR) is 57.5 cm³/mol. The molecule has 0 aromatic heterocycles. The summed E-state index contributed by atoms with van der Waals surface area (Å²) in [6.45, 7) is 2.85. The second-order valence-electron chi connectivity index (χ2n) is 4.32. The lowest BCUT2D eigenvalue weighted by atomic mass is 10.1. The predicted octanol–water partition coefficient (Wildman–Crippen LogP) is 0.785. The average Bonchev–Trinajstić information content (AvgIpc) is 2.18. The number of ether oxygens (including phenoxy) is 1. The topological polar surface area (TPSA) is 49.8 Å². The van der Waals surface area contributed by atoms with Gasteiger partial charge in [0, 0.05) is 20.2 Å². The molecule has 4 nitrogen and oxygen atoms in total. The first-order chi connectivity index (χ1) is 7.09. The first kappa shape index (κ1) is 12.5. The summed E-state index contributed by atoms with van der Waals surface area (Å²) in [7, 11) is 1.72. The Labute approximate surface area is 91.2 Å². The molecule has 0 saturated carbocycles. The summed E-state index contributed by atoms with van der Waals surface area (Å²) in [6, 6.07) is 0. The number of hydrogen-bond donors (Lipinski definition) is 1. The molecule has 2 unspecified atom stereocenters. The van der Waals surface area contributed by atoms with Gasteiger partial charge >= 0.3 is 0 Å². The second kappa shape index (κ2) is 6.08. The molecule has 1 aliphatic heterocycles. The first-order valence-electron chi connectivity index (χ1n) is 5.63. The highest BCUT2D eigenvalue weighted by Crippen LogP contribution is 2.16. The molecule has 2 atom stereocenters. The zero-order chi connectivity index (χ0) is 11.3. The highest BCUT2D eigenvalue weighted by atomic mass is 16.5. The SMILES string of the molecule is CC(O)CN(C)C(=O)CC1CCCCO1. The van der Waals surface area contributed by atoms with Crippen LogP contribution >= 0.6 is 0 Å². The van der Waals surface area contributed by atoms with Crippen LogP contribution in [0.2, 0.25) is 0 Å². The summed E-state index contributed by atoms with van der Waals surface area (Å²) in [4.78, 5) is 13.3. The number of rotatable bonds is 4. The molecule has 0 aromatic carbocycles. The van der Waals surface area contributed by atoms with E-state index in [2.05, 4.69) is 0 Å². The Morgan fingerprint density at radius 3 is 2.87 bits per heavy atom. The van der Waals surface area contributed by atoms with E-state index in [1.807, 2.05) is 0 Å². The Morgan fingerprint density at radius 1 is 1.60 bits per heavy atom. The fourth-order valence-corrected chi connectivity index (χ4v) is 1.82. The molecule has 1 saturated heterocycles.